The number of benzene rings is 1. The second-order valence-corrected chi connectivity index (χ2v) is 7.02. The number of pyridine rings is 1. The van der Waals surface area contributed by atoms with Crippen LogP contribution in [0.3, 0.4) is 0 Å². The molecule has 0 radical (unpaired) electrons. The van der Waals surface area contributed by atoms with Gasteiger partial charge >= 0.3 is 0 Å². The van der Waals surface area contributed by atoms with Crippen LogP contribution in [0.15, 0.2) is 40.9 Å². The molecule has 1 fully saturated rings. The summed E-state index contributed by atoms with van der Waals surface area (Å²) in [4.78, 5) is 33.9. The van der Waals surface area contributed by atoms with E-state index in [0.717, 1.165) is 0 Å². The largest absolute Gasteiger partial charge is 0.434 e. The lowest BCUT2D eigenvalue weighted by atomic mass is 10.1. The fraction of sp³-hybridized carbons (Fsp3) is 0.300. The molecule has 28 heavy (non-hydrogen) atoms. The van der Waals surface area contributed by atoms with Crippen LogP contribution < -0.4 is 5.73 Å². The van der Waals surface area contributed by atoms with Crippen molar-refractivity contribution >= 4 is 23.0 Å². The molecule has 2 heterocycles. The molecule has 144 valence electrons. The molecule has 1 aromatic carbocycles. The molecule has 1 saturated carbocycles. The molecule has 0 unspecified atom stereocenters. The van der Waals surface area contributed by atoms with E-state index in [1.807, 2.05) is 0 Å². The lowest BCUT2D eigenvalue weighted by Gasteiger charge is -2.24. The summed E-state index contributed by atoms with van der Waals surface area (Å²) in [6.45, 7) is 0. The highest BCUT2D eigenvalue weighted by molar-refractivity contribution is 5.95. The van der Waals surface area contributed by atoms with Crippen LogP contribution in [-0.2, 0) is 4.79 Å². The van der Waals surface area contributed by atoms with E-state index >= 15 is 0 Å². The second-order valence-electron chi connectivity index (χ2n) is 7.02. The molecule has 3 aromatic rings. The monoisotopic (exact) mass is 382 g/mol. The molecule has 2 aromatic heterocycles. The molecule has 8 heteroatoms. The van der Waals surface area contributed by atoms with Crippen molar-refractivity contribution in [3.8, 4) is 11.5 Å². The van der Waals surface area contributed by atoms with E-state index in [1.165, 1.54) is 12.1 Å². The normalized spacial score (nSPS) is 19.1. The van der Waals surface area contributed by atoms with Gasteiger partial charge in [0.05, 0.1) is 5.56 Å². The molecule has 7 nitrogen and oxygen atoms in total. The Hall–Kier alpha value is -3.29. The zero-order valence-electron chi connectivity index (χ0n) is 15.3. The van der Waals surface area contributed by atoms with Crippen LogP contribution >= 0.6 is 0 Å². The molecular formula is C20H19FN4O3. The van der Waals surface area contributed by atoms with Gasteiger partial charge in [-0.3, -0.25) is 9.59 Å². The lowest BCUT2D eigenvalue weighted by molar-refractivity contribution is -0.121. The highest BCUT2D eigenvalue weighted by Crippen LogP contribution is 2.30. The molecule has 0 spiro atoms. The first-order chi connectivity index (χ1) is 13.4. The lowest BCUT2D eigenvalue weighted by Crippen LogP contribution is -2.36. The Kier molecular flexibility index (Phi) is 4.54. The van der Waals surface area contributed by atoms with Crippen molar-refractivity contribution < 1.29 is 18.4 Å². The molecule has 0 aliphatic heterocycles. The number of fused-ring (bicyclic) bond motifs is 1. The maximum absolute atomic E-state index is 14.7. The molecule has 0 bridgehead atoms. The second kappa shape index (κ2) is 7.03. The zero-order valence-corrected chi connectivity index (χ0v) is 15.3. The van der Waals surface area contributed by atoms with Gasteiger partial charge in [0, 0.05) is 30.8 Å². The van der Waals surface area contributed by atoms with Crippen molar-refractivity contribution in [3.05, 3.63) is 47.9 Å². The van der Waals surface area contributed by atoms with Gasteiger partial charge in [0.2, 0.25) is 11.8 Å². The van der Waals surface area contributed by atoms with Crippen molar-refractivity contribution in [1.29, 1.82) is 0 Å². The Labute approximate surface area is 160 Å². The standard InChI is InChI=1S/C20H19FN4O3/c1-25(13-6-4-11(9-13)17(22)26)20(27)12-5-7-14(15(21)10-12)19-24-18-16(28-19)3-2-8-23-18/h2-3,5,7-8,10-11,13H,4,6,9H2,1H3,(H2,22,26)/t11-,13+/m0/s1. The number of rotatable bonds is 4. The molecule has 0 saturated heterocycles. The molecule has 4 rings (SSSR count). The highest BCUT2D eigenvalue weighted by atomic mass is 19.1. The van der Waals surface area contributed by atoms with E-state index in [2.05, 4.69) is 9.97 Å². The highest BCUT2D eigenvalue weighted by Gasteiger charge is 2.33. The number of amides is 2. The van der Waals surface area contributed by atoms with Crippen LogP contribution in [0.5, 0.6) is 0 Å². The Morgan fingerprint density at radius 1 is 1.29 bits per heavy atom. The minimum absolute atomic E-state index is 0.0872. The third-order valence-electron chi connectivity index (χ3n) is 5.29. The predicted molar refractivity (Wildman–Crippen MR) is 99.6 cm³/mol. The number of carbonyl (C=O) groups is 2. The van der Waals surface area contributed by atoms with E-state index in [1.54, 1.807) is 36.3 Å². The van der Waals surface area contributed by atoms with Gasteiger partial charge < -0.3 is 15.1 Å². The minimum atomic E-state index is -0.604. The van der Waals surface area contributed by atoms with E-state index in [4.69, 9.17) is 10.2 Å². The topological polar surface area (TPSA) is 102 Å². The summed E-state index contributed by atoms with van der Waals surface area (Å²) in [5.74, 6) is -1.36. The van der Waals surface area contributed by atoms with Crippen molar-refractivity contribution in [3.63, 3.8) is 0 Å². The average Bonchev–Trinajstić information content (AvgIpc) is 3.33. The van der Waals surface area contributed by atoms with Crippen LogP contribution in [0.4, 0.5) is 4.39 Å². The summed E-state index contributed by atoms with van der Waals surface area (Å²) < 4.78 is 20.2. The van der Waals surface area contributed by atoms with Crippen LogP contribution in [0.1, 0.15) is 29.6 Å². The number of aromatic nitrogens is 2. The van der Waals surface area contributed by atoms with Crippen LogP contribution in [0.25, 0.3) is 22.7 Å². The Balaban J connectivity index is 1.55. The van der Waals surface area contributed by atoms with Crippen LogP contribution in [0, 0.1) is 11.7 Å². The Morgan fingerprint density at radius 2 is 2.11 bits per heavy atom. The predicted octanol–water partition coefficient (Wildman–Crippen LogP) is 2.75. The van der Waals surface area contributed by atoms with E-state index in [9.17, 15) is 14.0 Å². The third kappa shape index (κ3) is 3.21. The molecule has 2 amide bonds. The number of halogens is 1. The van der Waals surface area contributed by atoms with Crippen molar-refractivity contribution in [2.75, 3.05) is 7.05 Å². The van der Waals surface area contributed by atoms with Crippen LogP contribution in [0.2, 0.25) is 0 Å². The zero-order chi connectivity index (χ0) is 19.8. The van der Waals surface area contributed by atoms with E-state index in [-0.39, 0.29) is 40.8 Å². The summed E-state index contributed by atoms with van der Waals surface area (Å²) in [7, 11) is 1.66. The van der Waals surface area contributed by atoms with Crippen LogP contribution in [-0.4, -0.2) is 39.8 Å². The summed E-state index contributed by atoms with van der Waals surface area (Å²) in [5.41, 5.74) is 6.59. The summed E-state index contributed by atoms with van der Waals surface area (Å²) >= 11 is 0. The van der Waals surface area contributed by atoms with Gasteiger partial charge in [0.15, 0.2) is 11.2 Å². The van der Waals surface area contributed by atoms with Crippen molar-refractivity contribution in [1.82, 2.24) is 14.9 Å². The molecule has 2 atom stereocenters. The fourth-order valence-corrected chi connectivity index (χ4v) is 3.64. The average molecular weight is 382 g/mol. The SMILES string of the molecule is CN(C(=O)c1ccc(-c2nc3ncccc3o2)c(F)c1)[C@@H]1CC[C@H](C(N)=O)C1. The fourth-order valence-electron chi connectivity index (χ4n) is 3.64. The number of oxazole rings is 1. The number of nitrogens with two attached hydrogens (primary N) is 1. The summed E-state index contributed by atoms with van der Waals surface area (Å²) in [6.07, 6.45) is 3.48. The third-order valence-corrected chi connectivity index (χ3v) is 5.29. The van der Waals surface area contributed by atoms with E-state index < -0.39 is 5.82 Å². The number of nitrogens with zero attached hydrogens (tertiary/aromatic N) is 3. The van der Waals surface area contributed by atoms with Gasteiger partial charge in [-0.1, -0.05) is 0 Å². The Bertz CT molecular complexity index is 1030. The summed E-state index contributed by atoms with van der Waals surface area (Å²) in [6, 6.07) is 7.51. The number of primary amides is 1. The van der Waals surface area contributed by atoms with Crippen molar-refractivity contribution in [2.45, 2.75) is 25.3 Å². The van der Waals surface area contributed by atoms with Gasteiger partial charge in [0.1, 0.15) is 5.82 Å². The summed E-state index contributed by atoms with van der Waals surface area (Å²) in [5, 5.41) is 0. The maximum Gasteiger partial charge on any atom is 0.253 e. The number of carbonyl (C=O) groups excluding carboxylic acids is 2. The van der Waals surface area contributed by atoms with Crippen molar-refractivity contribution in [2.24, 2.45) is 11.7 Å². The number of hydrogen-bond acceptors (Lipinski definition) is 5. The first-order valence-corrected chi connectivity index (χ1v) is 9.02. The first kappa shape index (κ1) is 18.1. The first-order valence-electron chi connectivity index (χ1n) is 9.02. The number of hydrogen-bond donors (Lipinski definition) is 1. The van der Waals surface area contributed by atoms with Gasteiger partial charge in [0.25, 0.3) is 5.91 Å². The maximum atomic E-state index is 14.7. The van der Waals surface area contributed by atoms with Gasteiger partial charge in [-0.05, 0) is 49.6 Å². The molecular weight excluding hydrogens is 363 g/mol. The van der Waals surface area contributed by atoms with Gasteiger partial charge in [-0.2, -0.15) is 4.98 Å². The Morgan fingerprint density at radius 3 is 2.79 bits per heavy atom. The molecule has 1 aliphatic rings. The minimum Gasteiger partial charge on any atom is -0.434 e. The molecule has 2 N–H and O–H groups in total. The molecule has 1 aliphatic carbocycles. The quantitative estimate of drug-likeness (QED) is 0.747. The van der Waals surface area contributed by atoms with Gasteiger partial charge in [-0.15, -0.1) is 0 Å². The van der Waals surface area contributed by atoms with E-state index in [0.29, 0.717) is 30.5 Å². The smallest absolute Gasteiger partial charge is 0.253 e. The van der Waals surface area contributed by atoms with Gasteiger partial charge in [-0.25, -0.2) is 9.37 Å².